The van der Waals surface area contributed by atoms with Gasteiger partial charge < -0.3 is 5.32 Å². The number of sulfonamides is 1. The standard InChI is InChI=1S/C21H25F3N2O3S/c1-15(2)13-19(16-7-5-4-6-8-16)25-20(27)14-26(30(3,28)29)18-11-9-17(10-12-18)21(22,23)24/h4-12,15,19H,13-14H2,1-3H3,(H,25,27). The summed E-state index contributed by atoms with van der Waals surface area (Å²) < 4.78 is 63.5. The third-order valence-electron chi connectivity index (χ3n) is 4.41. The SMILES string of the molecule is CC(C)CC(NC(=O)CN(c1ccc(C(F)(F)F)cc1)S(C)(=O)=O)c1ccccc1. The molecule has 1 atom stereocenters. The molecular formula is C21H25F3N2O3S. The number of nitrogens with zero attached hydrogens (tertiary/aromatic N) is 1. The molecule has 1 unspecified atom stereocenters. The van der Waals surface area contributed by atoms with Gasteiger partial charge in [-0.05, 0) is 42.2 Å². The van der Waals surface area contributed by atoms with E-state index in [9.17, 15) is 26.4 Å². The number of rotatable bonds is 8. The second-order valence-corrected chi connectivity index (χ2v) is 9.38. The zero-order valence-corrected chi connectivity index (χ0v) is 17.8. The van der Waals surface area contributed by atoms with Crippen molar-refractivity contribution in [1.82, 2.24) is 5.32 Å². The zero-order valence-electron chi connectivity index (χ0n) is 17.0. The minimum absolute atomic E-state index is 0.0132. The van der Waals surface area contributed by atoms with Gasteiger partial charge >= 0.3 is 6.18 Å². The van der Waals surface area contributed by atoms with Crippen molar-refractivity contribution in [2.24, 2.45) is 5.92 Å². The number of carbonyl (C=O) groups is 1. The van der Waals surface area contributed by atoms with Gasteiger partial charge in [-0.2, -0.15) is 13.2 Å². The monoisotopic (exact) mass is 442 g/mol. The van der Waals surface area contributed by atoms with Crippen LogP contribution in [0.1, 0.15) is 37.4 Å². The fraction of sp³-hybridized carbons (Fsp3) is 0.381. The number of hydrogen-bond acceptors (Lipinski definition) is 3. The summed E-state index contributed by atoms with van der Waals surface area (Å²) in [6.07, 6.45) is -2.98. The lowest BCUT2D eigenvalue weighted by molar-refractivity contribution is -0.137. The number of anilines is 1. The number of nitrogens with one attached hydrogen (secondary N) is 1. The molecule has 30 heavy (non-hydrogen) atoms. The van der Waals surface area contributed by atoms with E-state index < -0.39 is 34.2 Å². The Morgan fingerprint density at radius 2 is 1.60 bits per heavy atom. The van der Waals surface area contributed by atoms with E-state index >= 15 is 0 Å². The van der Waals surface area contributed by atoms with Crippen molar-refractivity contribution in [3.05, 3.63) is 65.7 Å². The first kappa shape index (κ1) is 23.7. The summed E-state index contributed by atoms with van der Waals surface area (Å²) in [7, 11) is -3.89. The molecule has 0 heterocycles. The van der Waals surface area contributed by atoms with Gasteiger partial charge in [0, 0.05) is 0 Å². The number of carbonyl (C=O) groups excluding carboxylic acids is 1. The van der Waals surface area contributed by atoms with Crippen LogP contribution in [0.3, 0.4) is 0 Å². The van der Waals surface area contributed by atoms with Crippen molar-refractivity contribution in [3.63, 3.8) is 0 Å². The first-order chi connectivity index (χ1) is 13.9. The van der Waals surface area contributed by atoms with E-state index in [1.807, 2.05) is 44.2 Å². The van der Waals surface area contributed by atoms with Gasteiger partial charge in [0.25, 0.3) is 0 Å². The van der Waals surface area contributed by atoms with Crippen molar-refractivity contribution < 1.29 is 26.4 Å². The van der Waals surface area contributed by atoms with Gasteiger partial charge in [-0.15, -0.1) is 0 Å². The fourth-order valence-electron chi connectivity index (χ4n) is 3.02. The molecule has 0 saturated carbocycles. The van der Waals surface area contributed by atoms with E-state index in [0.717, 1.165) is 40.4 Å². The van der Waals surface area contributed by atoms with Crippen LogP contribution in [0.2, 0.25) is 0 Å². The lowest BCUT2D eigenvalue weighted by Gasteiger charge is -2.25. The number of hydrogen-bond donors (Lipinski definition) is 1. The van der Waals surface area contributed by atoms with Crippen LogP contribution >= 0.6 is 0 Å². The maximum Gasteiger partial charge on any atom is 0.416 e. The van der Waals surface area contributed by atoms with Gasteiger partial charge in [-0.1, -0.05) is 44.2 Å². The Morgan fingerprint density at radius 1 is 1.03 bits per heavy atom. The molecule has 2 rings (SSSR count). The number of amides is 1. The Balaban J connectivity index is 2.22. The summed E-state index contributed by atoms with van der Waals surface area (Å²) in [5, 5.41) is 2.85. The fourth-order valence-corrected chi connectivity index (χ4v) is 3.88. The van der Waals surface area contributed by atoms with E-state index in [-0.39, 0.29) is 17.6 Å². The molecule has 2 aromatic rings. The predicted molar refractivity (Wildman–Crippen MR) is 110 cm³/mol. The topological polar surface area (TPSA) is 66.5 Å². The molecule has 0 radical (unpaired) electrons. The highest BCUT2D eigenvalue weighted by molar-refractivity contribution is 7.92. The number of alkyl halides is 3. The Morgan fingerprint density at radius 3 is 2.07 bits per heavy atom. The molecule has 1 N–H and O–H groups in total. The van der Waals surface area contributed by atoms with Crippen LogP contribution in [0.15, 0.2) is 54.6 Å². The van der Waals surface area contributed by atoms with E-state index in [1.54, 1.807) is 0 Å². The smallest absolute Gasteiger partial charge is 0.348 e. The lowest BCUT2D eigenvalue weighted by Crippen LogP contribution is -2.41. The molecule has 0 aliphatic heterocycles. The Hall–Kier alpha value is -2.55. The largest absolute Gasteiger partial charge is 0.416 e. The maximum absolute atomic E-state index is 12.8. The Labute approximate surface area is 175 Å². The quantitative estimate of drug-likeness (QED) is 0.660. The van der Waals surface area contributed by atoms with E-state index in [1.165, 1.54) is 0 Å². The third kappa shape index (κ3) is 6.76. The van der Waals surface area contributed by atoms with Crippen molar-refractivity contribution in [1.29, 1.82) is 0 Å². The zero-order chi connectivity index (χ0) is 22.5. The first-order valence-electron chi connectivity index (χ1n) is 9.37. The molecule has 164 valence electrons. The van der Waals surface area contributed by atoms with E-state index in [4.69, 9.17) is 0 Å². The Bertz CT molecular complexity index is 944. The van der Waals surface area contributed by atoms with Gasteiger partial charge in [0.05, 0.1) is 23.5 Å². The summed E-state index contributed by atoms with van der Waals surface area (Å²) in [6, 6.07) is 12.6. The molecule has 0 fully saturated rings. The average molecular weight is 443 g/mol. The summed E-state index contributed by atoms with van der Waals surface area (Å²) >= 11 is 0. The van der Waals surface area contributed by atoms with Crippen LogP contribution in [-0.4, -0.2) is 27.1 Å². The minimum atomic E-state index is -4.54. The summed E-state index contributed by atoms with van der Waals surface area (Å²) in [5.74, 6) is -0.272. The van der Waals surface area contributed by atoms with Crippen molar-refractivity contribution in [3.8, 4) is 0 Å². The normalized spacial score (nSPS) is 13.2. The molecular weight excluding hydrogens is 417 g/mol. The predicted octanol–water partition coefficient (Wildman–Crippen LogP) is 4.38. The van der Waals surface area contributed by atoms with Crippen molar-refractivity contribution >= 4 is 21.6 Å². The van der Waals surface area contributed by atoms with Gasteiger partial charge in [0.15, 0.2) is 0 Å². The van der Waals surface area contributed by atoms with E-state index in [2.05, 4.69) is 5.32 Å². The molecule has 9 heteroatoms. The van der Waals surface area contributed by atoms with Gasteiger partial charge in [0.1, 0.15) is 6.54 Å². The highest BCUT2D eigenvalue weighted by atomic mass is 32.2. The molecule has 1 amide bonds. The molecule has 0 saturated heterocycles. The molecule has 0 aromatic heterocycles. The van der Waals surface area contributed by atoms with Crippen LogP contribution in [0.5, 0.6) is 0 Å². The minimum Gasteiger partial charge on any atom is -0.348 e. The first-order valence-corrected chi connectivity index (χ1v) is 11.2. The van der Waals surface area contributed by atoms with Crippen LogP contribution in [-0.2, 0) is 21.0 Å². The summed E-state index contributed by atoms with van der Waals surface area (Å²) in [5.41, 5.74) is -0.0222. The van der Waals surface area contributed by atoms with Gasteiger partial charge in [-0.25, -0.2) is 8.42 Å². The van der Waals surface area contributed by atoms with Crippen LogP contribution in [0, 0.1) is 5.92 Å². The average Bonchev–Trinajstić information content (AvgIpc) is 2.64. The summed E-state index contributed by atoms with van der Waals surface area (Å²) in [6.45, 7) is 3.48. The van der Waals surface area contributed by atoms with E-state index in [0.29, 0.717) is 6.42 Å². The van der Waals surface area contributed by atoms with Crippen LogP contribution in [0.4, 0.5) is 18.9 Å². The molecule has 0 aliphatic rings. The lowest BCUT2D eigenvalue weighted by atomic mass is 9.97. The van der Waals surface area contributed by atoms with Crippen LogP contribution in [0.25, 0.3) is 0 Å². The number of halogens is 3. The van der Waals surface area contributed by atoms with Crippen molar-refractivity contribution in [2.45, 2.75) is 32.5 Å². The Kier molecular flexibility index (Phi) is 7.52. The highest BCUT2D eigenvalue weighted by Gasteiger charge is 2.31. The number of benzene rings is 2. The van der Waals surface area contributed by atoms with Crippen molar-refractivity contribution in [2.75, 3.05) is 17.1 Å². The maximum atomic E-state index is 12.8. The second kappa shape index (κ2) is 9.51. The van der Waals surface area contributed by atoms with Crippen LogP contribution < -0.4 is 9.62 Å². The van der Waals surface area contributed by atoms with Gasteiger partial charge in [0.2, 0.25) is 15.9 Å². The molecule has 0 spiro atoms. The molecule has 2 aromatic carbocycles. The highest BCUT2D eigenvalue weighted by Crippen LogP contribution is 2.31. The molecule has 5 nitrogen and oxygen atoms in total. The second-order valence-electron chi connectivity index (χ2n) is 7.47. The van der Waals surface area contributed by atoms with Gasteiger partial charge in [-0.3, -0.25) is 9.10 Å². The molecule has 0 bridgehead atoms. The third-order valence-corrected chi connectivity index (χ3v) is 5.56. The molecule has 0 aliphatic carbocycles. The summed E-state index contributed by atoms with van der Waals surface area (Å²) in [4.78, 5) is 12.7.